The summed E-state index contributed by atoms with van der Waals surface area (Å²) < 4.78 is 13.1. The number of rotatable bonds is 7. The van der Waals surface area contributed by atoms with E-state index < -0.39 is 0 Å². The molecule has 25 heavy (non-hydrogen) atoms. The lowest BCUT2D eigenvalue weighted by atomic mass is 9.96. The summed E-state index contributed by atoms with van der Waals surface area (Å²) >= 11 is 0. The minimum Gasteiger partial charge on any atom is -0.357 e. The number of nitrogens with one attached hydrogen (secondary N) is 2. The van der Waals surface area contributed by atoms with Crippen molar-refractivity contribution in [2.24, 2.45) is 4.99 Å². The Balaban J connectivity index is 1.57. The third-order valence-corrected chi connectivity index (χ3v) is 4.59. The maximum Gasteiger partial charge on any atom is 0.191 e. The van der Waals surface area contributed by atoms with Crippen LogP contribution in [0.25, 0.3) is 0 Å². The first-order valence-electron chi connectivity index (χ1n) is 8.90. The minimum absolute atomic E-state index is 0.0804. The minimum atomic E-state index is -0.187. The average molecular weight is 340 g/mol. The van der Waals surface area contributed by atoms with Gasteiger partial charge in [-0.3, -0.25) is 9.98 Å². The molecule has 132 valence electrons. The molecule has 0 atom stereocenters. The lowest BCUT2D eigenvalue weighted by Gasteiger charge is -2.16. The number of benzene rings is 1. The van der Waals surface area contributed by atoms with E-state index in [0.717, 1.165) is 50.6 Å². The van der Waals surface area contributed by atoms with Crippen molar-refractivity contribution in [1.82, 2.24) is 15.6 Å². The highest BCUT2D eigenvalue weighted by Crippen LogP contribution is 2.48. The number of pyridine rings is 1. The number of halogens is 1. The molecule has 2 aromatic rings. The SMILES string of the molecule is CCNC(=NCC1(c2ccc(F)cc2)CC1)NCCc1ccccn1. The van der Waals surface area contributed by atoms with Crippen molar-refractivity contribution >= 4 is 5.96 Å². The fraction of sp³-hybridized carbons (Fsp3) is 0.400. The van der Waals surface area contributed by atoms with E-state index in [1.54, 1.807) is 0 Å². The van der Waals surface area contributed by atoms with E-state index in [9.17, 15) is 4.39 Å². The predicted octanol–water partition coefficient (Wildman–Crippen LogP) is 3.05. The van der Waals surface area contributed by atoms with Crippen LogP contribution in [-0.4, -0.2) is 30.6 Å². The van der Waals surface area contributed by atoms with E-state index in [1.165, 1.54) is 17.7 Å². The molecule has 1 saturated carbocycles. The quantitative estimate of drug-likeness (QED) is 0.602. The normalized spacial score (nSPS) is 15.7. The summed E-state index contributed by atoms with van der Waals surface area (Å²) in [7, 11) is 0. The molecule has 2 N–H and O–H groups in total. The lowest BCUT2D eigenvalue weighted by molar-refractivity contribution is 0.623. The Morgan fingerprint density at radius 1 is 1.16 bits per heavy atom. The topological polar surface area (TPSA) is 49.3 Å². The number of nitrogens with zero attached hydrogens (tertiary/aromatic N) is 2. The van der Waals surface area contributed by atoms with Gasteiger partial charge in [0.05, 0.1) is 6.54 Å². The first kappa shape index (κ1) is 17.4. The van der Waals surface area contributed by atoms with Gasteiger partial charge in [0.1, 0.15) is 5.82 Å². The molecule has 5 heteroatoms. The van der Waals surface area contributed by atoms with E-state index in [2.05, 4.69) is 22.5 Å². The molecule has 0 unspecified atom stereocenters. The number of aromatic nitrogens is 1. The van der Waals surface area contributed by atoms with E-state index in [0.29, 0.717) is 0 Å². The van der Waals surface area contributed by atoms with Gasteiger partial charge >= 0.3 is 0 Å². The zero-order chi connectivity index (χ0) is 17.5. The largest absolute Gasteiger partial charge is 0.357 e. The third-order valence-electron chi connectivity index (χ3n) is 4.59. The maximum absolute atomic E-state index is 13.1. The molecule has 1 aromatic carbocycles. The molecule has 3 rings (SSSR count). The monoisotopic (exact) mass is 340 g/mol. The van der Waals surface area contributed by atoms with Crippen molar-refractivity contribution < 1.29 is 4.39 Å². The van der Waals surface area contributed by atoms with Crippen LogP contribution >= 0.6 is 0 Å². The van der Waals surface area contributed by atoms with Crippen LogP contribution in [0.1, 0.15) is 31.0 Å². The van der Waals surface area contributed by atoms with Gasteiger partial charge in [0.15, 0.2) is 5.96 Å². The molecule has 4 nitrogen and oxygen atoms in total. The van der Waals surface area contributed by atoms with E-state index in [4.69, 9.17) is 4.99 Å². The Labute approximate surface area is 148 Å². The molecule has 1 aliphatic carbocycles. The van der Waals surface area contributed by atoms with Crippen molar-refractivity contribution in [2.45, 2.75) is 31.6 Å². The Kier molecular flexibility index (Phi) is 5.64. The van der Waals surface area contributed by atoms with Crippen molar-refractivity contribution in [3.63, 3.8) is 0 Å². The molecule has 0 spiro atoms. The molecule has 0 bridgehead atoms. The Morgan fingerprint density at radius 3 is 2.60 bits per heavy atom. The molecule has 0 radical (unpaired) electrons. The van der Waals surface area contributed by atoms with Gasteiger partial charge in [-0.1, -0.05) is 18.2 Å². The van der Waals surface area contributed by atoms with Gasteiger partial charge in [0.25, 0.3) is 0 Å². The average Bonchev–Trinajstić information content (AvgIpc) is 3.42. The number of guanidine groups is 1. The van der Waals surface area contributed by atoms with Gasteiger partial charge < -0.3 is 10.6 Å². The predicted molar refractivity (Wildman–Crippen MR) is 99.2 cm³/mol. The van der Waals surface area contributed by atoms with Crippen LogP contribution in [-0.2, 0) is 11.8 Å². The van der Waals surface area contributed by atoms with E-state index in [1.807, 2.05) is 36.5 Å². The highest BCUT2D eigenvalue weighted by molar-refractivity contribution is 5.79. The van der Waals surface area contributed by atoms with Crippen LogP contribution in [0.5, 0.6) is 0 Å². The first-order valence-corrected chi connectivity index (χ1v) is 8.90. The van der Waals surface area contributed by atoms with Crippen molar-refractivity contribution in [3.8, 4) is 0 Å². The zero-order valence-corrected chi connectivity index (χ0v) is 14.6. The second-order valence-corrected chi connectivity index (χ2v) is 6.48. The van der Waals surface area contributed by atoms with Crippen molar-refractivity contribution in [3.05, 3.63) is 65.7 Å². The van der Waals surface area contributed by atoms with Gasteiger partial charge in [0, 0.05) is 36.8 Å². The summed E-state index contributed by atoms with van der Waals surface area (Å²) in [6.07, 6.45) is 4.88. The van der Waals surface area contributed by atoms with Crippen LogP contribution in [0.3, 0.4) is 0 Å². The molecule has 1 heterocycles. The first-order chi connectivity index (χ1) is 12.2. The van der Waals surface area contributed by atoms with Crippen LogP contribution in [0.2, 0.25) is 0 Å². The fourth-order valence-electron chi connectivity index (χ4n) is 2.92. The second-order valence-electron chi connectivity index (χ2n) is 6.48. The van der Waals surface area contributed by atoms with Crippen molar-refractivity contribution in [2.75, 3.05) is 19.6 Å². The highest BCUT2D eigenvalue weighted by Gasteiger charge is 2.44. The molecular formula is C20H25FN4. The zero-order valence-electron chi connectivity index (χ0n) is 14.6. The standard InChI is InChI=1S/C20H25FN4/c1-2-22-19(24-14-10-18-5-3-4-13-23-18)25-15-20(11-12-20)16-6-8-17(21)9-7-16/h3-9,13H,2,10-12,14-15H2,1H3,(H2,22,24,25). The molecule has 0 saturated heterocycles. The summed E-state index contributed by atoms with van der Waals surface area (Å²) in [4.78, 5) is 9.09. The maximum atomic E-state index is 13.1. The van der Waals surface area contributed by atoms with Crippen molar-refractivity contribution in [1.29, 1.82) is 0 Å². The summed E-state index contributed by atoms with van der Waals surface area (Å²) in [6, 6.07) is 12.8. The van der Waals surface area contributed by atoms with Gasteiger partial charge in [0.2, 0.25) is 0 Å². The molecule has 0 aliphatic heterocycles. The Bertz CT molecular complexity index is 693. The summed E-state index contributed by atoms with van der Waals surface area (Å²) in [5.41, 5.74) is 2.33. The lowest BCUT2D eigenvalue weighted by Crippen LogP contribution is -2.39. The summed E-state index contributed by atoms with van der Waals surface area (Å²) in [5.74, 6) is 0.638. The van der Waals surface area contributed by atoms with Gasteiger partial charge in [-0.25, -0.2) is 4.39 Å². The smallest absolute Gasteiger partial charge is 0.191 e. The van der Waals surface area contributed by atoms with Crippen LogP contribution in [0, 0.1) is 5.82 Å². The summed E-state index contributed by atoms with van der Waals surface area (Å²) in [5, 5.41) is 6.66. The van der Waals surface area contributed by atoms with Crippen LogP contribution in [0.4, 0.5) is 4.39 Å². The van der Waals surface area contributed by atoms with E-state index >= 15 is 0 Å². The Hall–Kier alpha value is -2.43. The summed E-state index contributed by atoms with van der Waals surface area (Å²) in [6.45, 7) is 4.38. The molecular weight excluding hydrogens is 315 g/mol. The third kappa shape index (κ3) is 4.78. The number of aliphatic imine (C=N–C) groups is 1. The van der Waals surface area contributed by atoms with Gasteiger partial charge in [-0.15, -0.1) is 0 Å². The van der Waals surface area contributed by atoms with Crippen LogP contribution in [0.15, 0.2) is 53.7 Å². The molecule has 0 amide bonds. The van der Waals surface area contributed by atoms with Crippen LogP contribution < -0.4 is 10.6 Å². The van der Waals surface area contributed by atoms with Gasteiger partial charge in [-0.05, 0) is 49.6 Å². The van der Waals surface area contributed by atoms with Gasteiger partial charge in [-0.2, -0.15) is 0 Å². The van der Waals surface area contributed by atoms with E-state index in [-0.39, 0.29) is 11.2 Å². The Morgan fingerprint density at radius 2 is 1.96 bits per heavy atom. The highest BCUT2D eigenvalue weighted by atomic mass is 19.1. The number of hydrogen-bond donors (Lipinski definition) is 2. The number of hydrogen-bond acceptors (Lipinski definition) is 2. The molecule has 1 aliphatic rings. The molecule has 1 fully saturated rings. The fourth-order valence-corrected chi connectivity index (χ4v) is 2.92. The molecule has 1 aromatic heterocycles. The second kappa shape index (κ2) is 8.10.